The van der Waals surface area contributed by atoms with Crippen molar-refractivity contribution < 1.29 is 9.53 Å². The molecular weight excluding hydrogens is 336 g/mol. The van der Waals surface area contributed by atoms with E-state index in [2.05, 4.69) is 58.4 Å². The minimum Gasteiger partial charge on any atom is -0.465 e. The van der Waals surface area contributed by atoms with E-state index in [0.29, 0.717) is 18.9 Å². The van der Waals surface area contributed by atoms with E-state index in [4.69, 9.17) is 4.74 Å². The van der Waals surface area contributed by atoms with E-state index in [1.807, 2.05) is 0 Å². The van der Waals surface area contributed by atoms with Crippen LogP contribution < -0.4 is 0 Å². The Morgan fingerprint density at radius 1 is 0.926 bits per heavy atom. The summed E-state index contributed by atoms with van der Waals surface area (Å²) >= 11 is 0. The van der Waals surface area contributed by atoms with Gasteiger partial charge in [0.2, 0.25) is 0 Å². The summed E-state index contributed by atoms with van der Waals surface area (Å²) in [5.74, 6) is 0.497. The Morgan fingerprint density at radius 3 is 2.11 bits per heavy atom. The SMILES string of the molecule is CCCCC(CC)COC(=O)CCN(CCCC)CCCN(C)C(C)(C)C. The molecular formula is C23H48N2O2. The number of hydrogen-bond acceptors (Lipinski definition) is 4. The van der Waals surface area contributed by atoms with Gasteiger partial charge >= 0.3 is 5.97 Å². The highest BCUT2D eigenvalue weighted by atomic mass is 16.5. The molecule has 0 heterocycles. The molecule has 0 spiro atoms. The fourth-order valence-corrected chi connectivity index (χ4v) is 3.01. The van der Waals surface area contributed by atoms with Gasteiger partial charge in [-0.1, -0.05) is 46.5 Å². The van der Waals surface area contributed by atoms with Crippen molar-refractivity contribution in [1.29, 1.82) is 0 Å². The summed E-state index contributed by atoms with van der Waals surface area (Å²) < 4.78 is 5.56. The van der Waals surface area contributed by atoms with E-state index >= 15 is 0 Å². The quantitative estimate of drug-likeness (QED) is 0.335. The molecule has 0 aromatic carbocycles. The number of carbonyl (C=O) groups excluding carboxylic acids is 1. The van der Waals surface area contributed by atoms with Gasteiger partial charge in [-0.2, -0.15) is 0 Å². The van der Waals surface area contributed by atoms with Crippen LogP contribution in [0.15, 0.2) is 0 Å². The first-order valence-corrected chi connectivity index (χ1v) is 11.3. The largest absolute Gasteiger partial charge is 0.465 e. The summed E-state index contributed by atoms with van der Waals surface area (Å²) in [5, 5.41) is 0. The Kier molecular flexibility index (Phi) is 15.0. The third kappa shape index (κ3) is 14.1. The van der Waals surface area contributed by atoms with Crippen molar-refractivity contribution in [2.24, 2.45) is 5.92 Å². The highest BCUT2D eigenvalue weighted by Crippen LogP contribution is 2.13. The van der Waals surface area contributed by atoms with Crippen LogP contribution >= 0.6 is 0 Å². The van der Waals surface area contributed by atoms with Crippen LogP contribution in [0.5, 0.6) is 0 Å². The lowest BCUT2D eigenvalue weighted by Crippen LogP contribution is -2.40. The van der Waals surface area contributed by atoms with Gasteiger partial charge in [-0.25, -0.2) is 0 Å². The standard InChI is InChI=1S/C23H48N2O2/c1-8-11-14-21(10-3)20-27-22(26)15-19-25(17-12-9-2)18-13-16-24(7)23(4,5)6/h21H,8-20H2,1-7H3. The normalized spacial score (nSPS) is 13.4. The fourth-order valence-electron chi connectivity index (χ4n) is 3.01. The molecule has 0 aliphatic rings. The van der Waals surface area contributed by atoms with Crippen molar-refractivity contribution >= 4 is 5.97 Å². The summed E-state index contributed by atoms with van der Waals surface area (Å²) in [6.07, 6.45) is 8.74. The number of rotatable bonds is 16. The lowest BCUT2D eigenvalue weighted by molar-refractivity contribution is -0.145. The topological polar surface area (TPSA) is 32.8 Å². The number of carbonyl (C=O) groups is 1. The van der Waals surface area contributed by atoms with Gasteiger partial charge in [-0.3, -0.25) is 4.79 Å². The Labute approximate surface area is 170 Å². The summed E-state index contributed by atoms with van der Waals surface area (Å²) in [6.45, 7) is 18.0. The third-order valence-electron chi connectivity index (χ3n) is 5.60. The molecule has 0 radical (unpaired) electrons. The maximum Gasteiger partial charge on any atom is 0.307 e. The molecule has 0 saturated heterocycles. The highest BCUT2D eigenvalue weighted by Gasteiger charge is 2.17. The molecule has 0 bridgehead atoms. The maximum atomic E-state index is 12.2. The van der Waals surface area contributed by atoms with E-state index in [0.717, 1.165) is 39.0 Å². The van der Waals surface area contributed by atoms with Gasteiger partial charge in [0, 0.05) is 12.1 Å². The molecule has 162 valence electrons. The molecule has 0 saturated carbocycles. The molecule has 1 atom stereocenters. The van der Waals surface area contributed by atoms with Crippen molar-refractivity contribution in [2.45, 2.75) is 98.4 Å². The average Bonchev–Trinajstić information content (AvgIpc) is 2.62. The van der Waals surface area contributed by atoms with Gasteiger partial charge in [-0.05, 0) is 72.6 Å². The molecule has 0 amide bonds. The summed E-state index contributed by atoms with van der Waals surface area (Å²) in [5.41, 5.74) is 0.214. The van der Waals surface area contributed by atoms with Crippen molar-refractivity contribution in [3.8, 4) is 0 Å². The van der Waals surface area contributed by atoms with Crippen LogP contribution in [-0.2, 0) is 9.53 Å². The van der Waals surface area contributed by atoms with E-state index in [-0.39, 0.29) is 11.5 Å². The van der Waals surface area contributed by atoms with Crippen molar-refractivity contribution in [3.05, 3.63) is 0 Å². The predicted octanol–water partition coefficient (Wildman–Crippen LogP) is 5.36. The minimum atomic E-state index is -0.0294. The monoisotopic (exact) mass is 384 g/mol. The van der Waals surface area contributed by atoms with Gasteiger partial charge < -0.3 is 14.5 Å². The molecule has 4 nitrogen and oxygen atoms in total. The molecule has 0 aromatic rings. The molecule has 0 aromatic heterocycles. The molecule has 4 heteroatoms. The molecule has 0 aliphatic carbocycles. The Bertz CT molecular complexity index is 366. The van der Waals surface area contributed by atoms with E-state index in [1.165, 1.54) is 32.1 Å². The van der Waals surface area contributed by atoms with Crippen LogP contribution in [0.1, 0.15) is 92.9 Å². The number of hydrogen-bond donors (Lipinski definition) is 0. The van der Waals surface area contributed by atoms with Gasteiger partial charge in [0.25, 0.3) is 0 Å². The van der Waals surface area contributed by atoms with Crippen LogP contribution in [0.2, 0.25) is 0 Å². The summed E-state index contributed by atoms with van der Waals surface area (Å²) in [6, 6.07) is 0. The molecule has 0 aliphatic heterocycles. The average molecular weight is 385 g/mol. The van der Waals surface area contributed by atoms with Crippen LogP contribution in [0.4, 0.5) is 0 Å². The lowest BCUT2D eigenvalue weighted by atomic mass is 10.0. The minimum absolute atomic E-state index is 0.0294. The van der Waals surface area contributed by atoms with E-state index in [1.54, 1.807) is 0 Å². The second-order valence-corrected chi connectivity index (χ2v) is 8.99. The van der Waals surface area contributed by atoms with Crippen molar-refractivity contribution in [3.63, 3.8) is 0 Å². The van der Waals surface area contributed by atoms with Crippen molar-refractivity contribution in [1.82, 2.24) is 9.80 Å². The molecule has 0 fully saturated rings. The Hall–Kier alpha value is -0.610. The second-order valence-electron chi connectivity index (χ2n) is 8.99. The van der Waals surface area contributed by atoms with Crippen LogP contribution in [0.3, 0.4) is 0 Å². The zero-order chi connectivity index (χ0) is 20.7. The molecule has 0 rings (SSSR count). The second kappa shape index (κ2) is 15.3. The first kappa shape index (κ1) is 26.4. The first-order chi connectivity index (χ1) is 12.7. The van der Waals surface area contributed by atoms with E-state index in [9.17, 15) is 4.79 Å². The van der Waals surface area contributed by atoms with Crippen LogP contribution in [-0.4, -0.2) is 61.1 Å². The number of nitrogens with zero attached hydrogens (tertiary/aromatic N) is 2. The first-order valence-electron chi connectivity index (χ1n) is 11.3. The number of unbranched alkanes of at least 4 members (excludes halogenated alkanes) is 2. The smallest absolute Gasteiger partial charge is 0.307 e. The third-order valence-corrected chi connectivity index (χ3v) is 5.60. The molecule has 27 heavy (non-hydrogen) atoms. The van der Waals surface area contributed by atoms with Gasteiger partial charge in [0.15, 0.2) is 0 Å². The van der Waals surface area contributed by atoms with E-state index < -0.39 is 0 Å². The fraction of sp³-hybridized carbons (Fsp3) is 0.957. The summed E-state index contributed by atoms with van der Waals surface area (Å²) in [7, 11) is 2.19. The zero-order valence-corrected chi connectivity index (χ0v) is 19.5. The molecule has 1 unspecified atom stereocenters. The number of ether oxygens (including phenoxy) is 1. The van der Waals surface area contributed by atoms with Gasteiger partial charge in [0.05, 0.1) is 13.0 Å². The Balaban J connectivity index is 4.22. The zero-order valence-electron chi connectivity index (χ0n) is 19.5. The Morgan fingerprint density at radius 2 is 1.56 bits per heavy atom. The van der Waals surface area contributed by atoms with Gasteiger partial charge in [0.1, 0.15) is 0 Å². The van der Waals surface area contributed by atoms with Gasteiger partial charge in [-0.15, -0.1) is 0 Å². The van der Waals surface area contributed by atoms with Crippen LogP contribution in [0, 0.1) is 5.92 Å². The molecule has 0 N–H and O–H groups in total. The maximum absolute atomic E-state index is 12.2. The van der Waals surface area contributed by atoms with Crippen molar-refractivity contribution in [2.75, 3.05) is 39.8 Å². The highest BCUT2D eigenvalue weighted by molar-refractivity contribution is 5.69. The lowest BCUT2D eigenvalue weighted by Gasteiger charge is -2.32. The van der Waals surface area contributed by atoms with Crippen LogP contribution in [0.25, 0.3) is 0 Å². The summed E-state index contributed by atoms with van der Waals surface area (Å²) in [4.78, 5) is 17.0. The number of esters is 1. The predicted molar refractivity (Wildman–Crippen MR) is 117 cm³/mol.